The van der Waals surface area contributed by atoms with Crippen LogP contribution in [0.5, 0.6) is 0 Å². The average molecular weight is 350 g/mol. The molecule has 1 saturated heterocycles. The second-order valence-corrected chi connectivity index (χ2v) is 7.62. The van der Waals surface area contributed by atoms with Gasteiger partial charge in [-0.1, -0.05) is 0 Å². The third-order valence-corrected chi connectivity index (χ3v) is 5.62. The highest BCUT2D eigenvalue weighted by atomic mass is 16.3. The number of carbonyl (C=O) groups excluding carboxylic acids is 1. The number of piperidine rings is 1. The lowest BCUT2D eigenvalue weighted by atomic mass is 9.74. The van der Waals surface area contributed by atoms with Crippen LogP contribution >= 0.6 is 0 Å². The van der Waals surface area contributed by atoms with Crippen LogP contribution in [-0.2, 0) is 4.79 Å². The molecule has 134 valence electrons. The van der Waals surface area contributed by atoms with Crippen LogP contribution in [0, 0.1) is 17.2 Å². The summed E-state index contributed by atoms with van der Waals surface area (Å²) in [6, 6.07) is 5.78. The molecule has 1 aromatic rings. The molecule has 1 aliphatic carbocycles. The summed E-state index contributed by atoms with van der Waals surface area (Å²) in [5.74, 6) is 1.31. The van der Waals surface area contributed by atoms with E-state index in [0.717, 1.165) is 48.6 Å². The van der Waals surface area contributed by atoms with Gasteiger partial charge in [0.25, 0.3) is 0 Å². The van der Waals surface area contributed by atoms with Crippen molar-refractivity contribution in [2.75, 3.05) is 24.5 Å². The maximum atomic E-state index is 11.9. The molecule has 0 amide bonds. The first kappa shape index (κ1) is 16.9. The number of rotatable bonds is 2. The van der Waals surface area contributed by atoms with Gasteiger partial charge < -0.3 is 10.0 Å². The number of hydrogen-bond donors (Lipinski definition) is 1. The van der Waals surface area contributed by atoms with E-state index in [1.54, 1.807) is 19.2 Å². The highest BCUT2D eigenvalue weighted by molar-refractivity contribution is 6.08. The van der Waals surface area contributed by atoms with Gasteiger partial charge in [-0.15, -0.1) is 0 Å². The minimum Gasteiger partial charge on any atom is -0.385 e. The van der Waals surface area contributed by atoms with Crippen molar-refractivity contribution in [1.82, 2.24) is 4.98 Å². The summed E-state index contributed by atoms with van der Waals surface area (Å²) < 4.78 is 0. The Morgan fingerprint density at radius 2 is 2.12 bits per heavy atom. The highest BCUT2D eigenvalue weighted by Crippen LogP contribution is 2.40. The Hall–Kier alpha value is -2.52. The molecule has 1 N–H and O–H groups in total. The van der Waals surface area contributed by atoms with Crippen molar-refractivity contribution < 1.29 is 9.90 Å². The Morgan fingerprint density at radius 1 is 1.35 bits per heavy atom. The zero-order valence-electron chi connectivity index (χ0n) is 14.9. The number of nitriles is 1. The number of ketones is 1. The first-order valence-corrected chi connectivity index (χ1v) is 9.10. The second kappa shape index (κ2) is 6.33. The summed E-state index contributed by atoms with van der Waals surface area (Å²) in [5.41, 5.74) is 2.46. The molecule has 3 aliphatic rings. The summed E-state index contributed by atoms with van der Waals surface area (Å²) in [6.45, 7) is 4.04. The molecule has 0 saturated carbocycles. The lowest BCUT2D eigenvalue weighted by molar-refractivity contribution is -0.122. The molecular formula is C20H22N4O2. The third-order valence-electron chi connectivity index (χ3n) is 5.62. The fourth-order valence-corrected chi connectivity index (χ4v) is 4.45. The quantitative estimate of drug-likeness (QED) is 0.881. The lowest BCUT2D eigenvalue weighted by Gasteiger charge is -2.37. The van der Waals surface area contributed by atoms with Crippen LogP contribution in [-0.4, -0.2) is 46.8 Å². The van der Waals surface area contributed by atoms with E-state index in [9.17, 15) is 9.90 Å². The zero-order valence-corrected chi connectivity index (χ0v) is 14.9. The van der Waals surface area contributed by atoms with Crippen molar-refractivity contribution in [3.05, 3.63) is 35.0 Å². The summed E-state index contributed by atoms with van der Waals surface area (Å²) in [7, 11) is 0. The smallest absolute Gasteiger partial charge is 0.140 e. The molecule has 26 heavy (non-hydrogen) atoms. The number of aromatic nitrogens is 1. The van der Waals surface area contributed by atoms with Crippen molar-refractivity contribution in [3.63, 3.8) is 0 Å². The predicted octanol–water partition coefficient (Wildman–Crippen LogP) is 2.03. The summed E-state index contributed by atoms with van der Waals surface area (Å²) >= 11 is 0. The van der Waals surface area contributed by atoms with Crippen LogP contribution in [0.25, 0.3) is 0 Å². The average Bonchev–Trinajstić information content (AvgIpc) is 3.06. The fourth-order valence-electron chi connectivity index (χ4n) is 4.45. The van der Waals surface area contributed by atoms with Crippen molar-refractivity contribution in [2.24, 2.45) is 10.9 Å². The molecule has 0 aromatic carbocycles. The number of nitrogens with zero attached hydrogens (tertiary/aromatic N) is 4. The minimum absolute atomic E-state index is 0.104. The summed E-state index contributed by atoms with van der Waals surface area (Å²) in [6.07, 6.45) is 4.13. The Balaban J connectivity index is 1.47. The molecule has 6 heteroatoms. The standard InChI is InChI=1S/C20H22N4O2/c1-20(26)9-16(25)8-15-12-23-19(18(15)20)14-4-6-24(7-5-14)17-3-2-13(10-21)11-22-17/h2-3,11,14,26H,4-9,12H2,1H3. The number of carbonyl (C=O) groups is 1. The molecule has 1 fully saturated rings. The number of Topliss-reactive ketones (excluding diaryl/α,β-unsaturated/α-hetero) is 1. The van der Waals surface area contributed by atoms with E-state index in [1.807, 2.05) is 6.07 Å². The number of aliphatic imine (C=N–C) groups is 1. The van der Waals surface area contributed by atoms with Crippen LogP contribution in [0.15, 0.2) is 34.5 Å². The first-order valence-electron chi connectivity index (χ1n) is 9.10. The molecule has 1 atom stereocenters. The van der Waals surface area contributed by atoms with Crippen molar-refractivity contribution in [3.8, 4) is 6.07 Å². The van der Waals surface area contributed by atoms with Crippen LogP contribution < -0.4 is 4.90 Å². The second-order valence-electron chi connectivity index (χ2n) is 7.62. The van der Waals surface area contributed by atoms with Gasteiger partial charge in [-0.05, 0) is 37.5 Å². The van der Waals surface area contributed by atoms with Crippen LogP contribution in [0.4, 0.5) is 5.82 Å². The van der Waals surface area contributed by atoms with Gasteiger partial charge in [-0.3, -0.25) is 9.79 Å². The van der Waals surface area contributed by atoms with Gasteiger partial charge in [0.05, 0.1) is 17.7 Å². The van der Waals surface area contributed by atoms with Crippen molar-refractivity contribution in [1.29, 1.82) is 5.26 Å². The molecule has 1 unspecified atom stereocenters. The molecule has 2 aliphatic heterocycles. The van der Waals surface area contributed by atoms with E-state index in [0.29, 0.717) is 24.4 Å². The topological polar surface area (TPSA) is 89.6 Å². The van der Waals surface area contributed by atoms with Crippen molar-refractivity contribution in [2.45, 2.75) is 38.2 Å². The van der Waals surface area contributed by atoms with Gasteiger partial charge in [0.1, 0.15) is 17.7 Å². The Labute approximate surface area is 152 Å². The lowest BCUT2D eigenvalue weighted by Crippen LogP contribution is -2.42. The van der Waals surface area contributed by atoms with E-state index < -0.39 is 5.60 Å². The number of hydrogen-bond acceptors (Lipinski definition) is 6. The van der Waals surface area contributed by atoms with Crippen LogP contribution in [0.2, 0.25) is 0 Å². The van der Waals surface area contributed by atoms with Gasteiger partial charge in [0.2, 0.25) is 0 Å². The molecular weight excluding hydrogens is 328 g/mol. The van der Waals surface area contributed by atoms with E-state index in [4.69, 9.17) is 10.3 Å². The van der Waals surface area contributed by atoms with E-state index in [-0.39, 0.29) is 12.2 Å². The summed E-state index contributed by atoms with van der Waals surface area (Å²) in [5, 5.41) is 19.7. The maximum absolute atomic E-state index is 11.9. The first-order chi connectivity index (χ1) is 12.5. The monoisotopic (exact) mass is 350 g/mol. The van der Waals surface area contributed by atoms with Gasteiger partial charge in [-0.25, -0.2) is 4.98 Å². The molecule has 0 bridgehead atoms. The summed E-state index contributed by atoms with van der Waals surface area (Å²) in [4.78, 5) is 23.2. The fraction of sp³-hybridized carbons (Fsp3) is 0.500. The Morgan fingerprint density at radius 3 is 2.77 bits per heavy atom. The minimum atomic E-state index is -1.08. The third kappa shape index (κ3) is 2.93. The van der Waals surface area contributed by atoms with Gasteiger partial charge in [0.15, 0.2) is 0 Å². The molecule has 0 radical (unpaired) electrons. The molecule has 4 rings (SSSR count). The highest BCUT2D eigenvalue weighted by Gasteiger charge is 2.43. The predicted molar refractivity (Wildman–Crippen MR) is 98.1 cm³/mol. The largest absolute Gasteiger partial charge is 0.385 e. The van der Waals surface area contributed by atoms with Gasteiger partial charge in [0, 0.05) is 49.3 Å². The SMILES string of the molecule is CC1(O)CC(=O)CC2=C1C(C1CCN(c3ccc(C#N)cn3)CC1)=NC2. The van der Waals surface area contributed by atoms with E-state index in [2.05, 4.69) is 16.0 Å². The Bertz CT molecular complexity index is 838. The number of pyridine rings is 1. The van der Waals surface area contributed by atoms with Crippen molar-refractivity contribution >= 4 is 17.3 Å². The number of anilines is 1. The molecule has 3 heterocycles. The van der Waals surface area contributed by atoms with E-state index in [1.165, 1.54) is 0 Å². The maximum Gasteiger partial charge on any atom is 0.140 e. The molecule has 6 nitrogen and oxygen atoms in total. The normalized spacial score (nSPS) is 26.6. The molecule has 0 spiro atoms. The van der Waals surface area contributed by atoms with Crippen LogP contribution in [0.3, 0.4) is 0 Å². The van der Waals surface area contributed by atoms with E-state index >= 15 is 0 Å². The Kier molecular flexibility index (Phi) is 4.12. The van der Waals surface area contributed by atoms with Crippen LogP contribution in [0.1, 0.15) is 38.2 Å². The van der Waals surface area contributed by atoms with Gasteiger partial charge >= 0.3 is 0 Å². The molecule has 1 aromatic heterocycles. The number of aliphatic hydroxyl groups is 1. The zero-order chi connectivity index (χ0) is 18.3. The van der Waals surface area contributed by atoms with Gasteiger partial charge in [-0.2, -0.15) is 5.26 Å².